The van der Waals surface area contributed by atoms with Crippen LogP contribution in [-0.4, -0.2) is 24.4 Å². The van der Waals surface area contributed by atoms with Gasteiger partial charge in [0.2, 0.25) is 15.5 Å². The quantitative estimate of drug-likeness (QED) is 0.728. The average molecular weight is 267 g/mol. The van der Waals surface area contributed by atoms with Crippen molar-refractivity contribution in [2.24, 2.45) is 5.14 Å². The molecule has 0 aliphatic rings. The summed E-state index contributed by atoms with van der Waals surface area (Å²) < 4.78 is 22.4. The van der Waals surface area contributed by atoms with Gasteiger partial charge in [-0.25, -0.2) is 13.6 Å². The molecule has 0 amide bonds. The maximum Gasteiger partial charge on any atom is 0.238 e. The van der Waals surface area contributed by atoms with E-state index in [1.807, 2.05) is 0 Å². The Hall–Kier alpha value is -2.06. The first kappa shape index (κ1) is 12.4. The van der Waals surface area contributed by atoms with Crippen molar-refractivity contribution in [3.63, 3.8) is 0 Å². The number of aromatic amines is 1. The van der Waals surface area contributed by atoms with Crippen LogP contribution < -0.4 is 10.6 Å². The maximum absolute atomic E-state index is 11.9. The van der Waals surface area contributed by atoms with Crippen LogP contribution in [0.2, 0.25) is 0 Å². The van der Waals surface area contributed by atoms with E-state index in [0.29, 0.717) is 5.52 Å². The fourth-order valence-corrected chi connectivity index (χ4v) is 2.06. The van der Waals surface area contributed by atoms with E-state index in [2.05, 4.69) is 10.2 Å². The third-order valence-corrected chi connectivity index (χ3v) is 3.31. The molecular weight excluding hydrogens is 258 g/mol. The van der Waals surface area contributed by atoms with E-state index in [1.165, 1.54) is 19.1 Å². The predicted octanol–water partition coefficient (Wildman–Crippen LogP) is -0.227. The molecule has 2 rings (SSSR count). The van der Waals surface area contributed by atoms with Crippen molar-refractivity contribution in [2.75, 3.05) is 0 Å². The van der Waals surface area contributed by atoms with Gasteiger partial charge in [0.05, 0.1) is 15.8 Å². The number of nitrogens with two attached hydrogens (primary N) is 1. The molecule has 8 heteroatoms. The van der Waals surface area contributed by atoms with Gasteiger partial charge in [0.15, 0.2) is 11.5 Å². The van der Waals surface area contributed by atoms with E-state index < -0.39 is 21.2 Å². The number of benzene rings is 1. The molecule has 0 unspecified atom stereocenters. The second-order valence-corrected chi connectivity index (χ2v) is 5.27. The van der Waals surface area contributed by atoms with Crippen molar-refractivity contribution < 1.29 is 13.2 Å². The zero-order valence-electron chi connectivity index (χ0n) is 9.30. The summed E-state index contributed by atoms with van der Waals surface area (Å²) in [6, 6.07) is 3.74. The topological polar surface area (TPSA) is 123 Å². The summed E-state index contributed by atoms with van der Waals surface area (Å²) in [6.45, 7) is 1.20. The number of fused-ring (bicyclic) bond motifs is 1. The van der Waals surface area contributed by atoms with Crippen LogP contribution in [0.25, 0.3) is 10.9 Å². The molecule has 0 radical (unpaired) electrons. The van der Waals surface area contributed by atoms with E-state index in [0.717, 1.165) is 6.07 Å². The number of hydrogen-bond donors (Lipinski definition) is 2. The number of carbonyl (C=O) groups is 1. The molecule has 2 aromatic rings. The molecule has 94 valence electrons. The molecule has 0 saturated carbocycles. The molecular formula is C10H9N3O4S. The van der Waals surface area contributed by atoms with Crippen molar-refractivity contribution in [3.05, 3.63) is 34.1 Å². The normalized spacial score (nSPS) is 11.7. The molecule has 7 nitrogen and oxygen atoms in total. The lowest BCUT2D eigenvalue weighted by Crippen LogP contribution is -2.18. The number of primary sulfonamides is 1. The first-order chi connectivity index (χ1) is 8.30. The lowest BCUT2D eigenvalue weighted by Gasteiger charge is -2.02. The number of ketones is 1. The van der Waals surface area contributed by atoms with Gasteiger partial charge in [-0.05, 0) is 18.2 Å². The van der Waals surface area contributed by atoms with Gasteiger partial charge in [-0.2, -0.15) is 5.10 Å². The van der Waals surface area contributed by atoms with Crippen molar-refractivity contribution in [1.29, 1.82) is 0 Å². The third kappa shape index (κ3) is 2.03. The van der Waals surface area contributed by atoms with Crippen LogP contribution in [0.5, 0.6) is 0 Å². The summed E-state index contributed by atoms with van der Waals surface area (Å²) in [4.78, 5) is 22.9. The zero-order valence-corrected chi connectivity index (χ0v) is 10.1. The molecule has 1 heterocycles. The lowest BCUT2D eigenvalue weighted by molar-refractivity contribution is 0.101. The Morgan fingerprint density at radius 3 is 2.61 bits per heavy atom. The van der Waals surface area contributed by atoms with Crippen molar-refractivity contribution in [2.45, 2.75) is 11.8 Å². The number of nitrogens with one attached hydrogen (secondary N) is 1. The standard InChI is InChI=1S/C10H9N3O4S/c1-5(14)9-10(15)7-4-6(18(11,16)17)2-3-8(7)12-13-9/h2-4H,1H3,(H,12,15)(H2,11,16,17). The van der Waals surface area contributed by atoms with Crippen LogP contribution in [-0.2, 0) is 10.0 Å². The Labute approximate surface area is 102 Å². The van der Waals surface area contributed by atoms with E-state index in [1.54, 1.807) is 0 Å². The smallest absolute Gasteiger partial charge is 0.238 e. The summed E-state index contributed by atoms with van der Waals surface area (Å²) in [5.41, 5.74) is -0.562. The molecule has 18 heavy (non-hydrogen) atoms. The number of nitrogens with zero attached hydrogens (tertiary/aromatic N) is 1. The number of aromatic nitrogens is 2. The minimum absolute atomic E-state index is 0.0572. The number of H-pyrrole nitrogens is 1. The zero-order chi connectivity index (χ0) is 13.5. The van der Waals surface area contributed by atoms with E-state index in [-0.39, 0.29) is 16.0 Å². The van der Waals surface area contributed by atoms with Crippen LogP contribution in [0.3, 0.4) is 0 Å². The number of Topliss-reactive ketones (excluding diaryl/α,β-unsaturated/α-hetero) is 1. The predicted molar refractivity (Wildman–Crippen MR) is 63.7 cm³/mol. The third-order valence-electron chi connectivity index (χ3n) is 2.40. The van der Waals surface area contributed by atoms with Crippen molar-refractivity contribution >= 4 is 26.7 Å². The highest BCUT2D eigenvalue weighted by Crippen LogP contribution is 2.13. The highest BCUT2D eigenvalue weighted by Gasteiger charge is 2.14. The van der Waals surface area contributed by atoms with Crippen LogP contribution in [0.4, 0.5) is 0 Å². The maximum atomic E-state index is 11.9. The number of hydrogen-bond acceptors (Lipinski definition) is 5. The Bertz CT molecular complexity index is 807. The SMILES string of the molecule is CC(=O)c1n[nH]c2ccc(S(N)(=O)=O)cc2c1=O. The van der Waals surface area contributed by atoms with Crippen molar-refractivity contribution in [1.82, 2.24) is 10.2 Å². The highest BCUT2D eigenvalue weighted by molar-refractivity contribution is 7.89. The number of carbonyl (C=O) groups excluding carboxylic acids is 1. The van der Waals surface area contributed by atoms with Gasteiger partial charge in [-0.1, -0.05) is 0 Å². The molecule has 1 aromatic carbocycles. The molecule has 0 bridgehead atoms. The van der Waals surface area contributed by atoms with Crippen LogP contribution >= 0.6 is 0 Å². The van der Waals surface area contributed by atoms with Gasteiger partial charge in [0, 0.05) is 6.92 Å². The molecule has 0 atom stereocenters. The molecule has 0 aliphatic heterocycles. The van der Waals surface area contributed by atoms with Gasteiger partial charge in [0.25, 0.3) is 0 Å². The van der Waals surface area contributed by atoms with Crippen LogP contribution in [0.1, 0.15) is 17.4 Å². The van der Waals surface area contributed by atoms with Gasteiger partial charge in [-0.15, -0.1) is 0 Å². The van der Waals surface area contributed by atoms with Gasteiger partial charge in [-0.3, -0.25) is 14.7 Å². The fraction of sp³-hybridized carbons (Fsp3) is 0.100. The largest absolute Gasteiger partial charge is 0.293 e. The second-order valence-electron chi connectivity index (χ2n) is 3.71. The summed E-state index contributed by atoms with van der Waals surface area (Å²) in [5.74, 6) is -0.501. The van der Waals surface area contributed by atoms with E-state index in [4.69, 9.17) is 5.14 Å². The highest BCUT2D eigenvalue weighted by atomic mass is 32.2. The lowest BCUT2D eigenvalue weighted by atomic mass is 10.2. The monoisotopic (exact) mass is 267 g/mol. The summed E-state index contributed by atoms with van der Waals surface area (Å²) in [6.07, 6.45) is 0. The number of rotatable bonds is 2. The molecule has 0 aliphatic carbocycles. The van der Waals surface area contributed by atoms with E-state index >= 15 is 0 Å². The number of sulfonamides is 1. The Kier molecular flexibility index (Phi) is 2.76. The average Bonchev–Trinajstić information content (AvgIpc) is 2.27. The Morgan fingerprint density at radius 1 is 1.39 bits per heavy atom. The Balaban J connectivity index is 2.87. The van der Waals surface area contributed by atoms with Gasteiger partial charge < -0.3 is 0 Å². The van der Waals surface area contributed by atoms with Crippen LogP contribution in [0.15, 0.2) is 27.9 Å². The summed E-state index contributed by atoms with van der Waals surface area (Å²) >= 11 is 0. The molecule has 0 fully saturated rings. The second kappa shape index (κ2) is 4.00. The van der Waals surface area contributed by atoms with Crippen molar-refractivity contribution in [3.8, 4) is 0 Å². The van der Waals surface area contributed by atoms with E-state index in [9.17, 15) is 18.0 Å². The molecule has 0 spiro atoms. The molecule has 0 saturated heterocycles. The minimum atomic E-state index is -3.90. The summed E-state index contributed by atoms with van der Waals surface area (Å²) in [7, 11) is -3.90. The van der Waals surface area contributed by atoms with Gasteiger partial charge >= 0.3 is 0 Å². The first-order valence-corrected chi connectivity index (χ1v) is 6.41. The fourth-order valence-electron chi connectivity index (χ4n) is 1.52. The minimum Gasteiger partial charge on any atom is -0.293 e. The molecule has 1 aromatic heterocycles. The van der Waals surface area contributed by atoms with Gasteiger partial charge in [0.1, 0.15) is 0 Å². The summed E-state index contributed by atoms with van der Waals surface area (Å²) in [5, 5.41) is 11.2. The first-order valence-electron chi connectivity index (χ1n) is 4.87. The van der Waals surface area contributed by atoms with Crippen LogP contribution in [0, 0.1) is 0 Å². The Morgan fingerprint density at radius 2 is 2.06 bits per heavy atom. The molecule has 3 N–H and O–H groups in total.